The molecule has 3 heterocycles. The predicted molar refractivity (Wildman–Crippen MR) is 109 cm³/mol. The Morgan fingerprint density at radius 2 is 2.00 bits per heavy atom. The molecule has 0 unspecified atom stereocenters. The number of fused-ring (bicyclic) bond motifs is 1. The molecule has 3 N–H and O–H groups in total. The lowest BCUT2D eigenvalue weighted by Gasteiger charge is -2.08. The maximum Gasteiger partial charge on any atom is 0.251 e. The molecule has 2 amide bonds. The van der Waals surface area contributed by atoms with Crippen molar-refractivity contribution >= 4 is 50.8 Å². The van der Waals surface area contributed by atoms with Gasteiger partial charge in [-0.3, -0.25) is 9.59 Å². The zero-order valence-corrected chi connectivity index (χ0v) is 16.0. The first-order valence-corrected chi connectivity index (χ1v) is 10.1. The Kier molecular flexibility index (Phi) is 5.09. The maximum atomic E-state index is 12.4. The summed E-state index contributed by atoms with van der Waals surface area (Å²) in [5.41, 5.74) is 6.38. The maximum absolute atomic E-state index is 12.4. The third kappa shape index (κ3) is 3.75. The van der Waals surface area contributed by atoms with Crippen LogP contribution in [0.25, 0.3) is 22.5 Å². The second-order valence-electron chi connectivity index (χ2n) is 5.71. The third-order valence-corrected chi connectivity index (χ3v) is 5.65. The highest BCUT2D eigenvalue weighted by atomic mass is 32.2. The summed E-state index contributed by atoms with van der Waals surface area (Å²) < 4.78 is 5.40. The monoisotopic (exact) mass is 410 g/mol. The number of hydrogen-bond acceptors (Lipinski definition) is 7. The van der Waals surface area contributed by atoms with Crippen molar-refractivity contribution in [2.45, 2.75) is 5.03 Å². The van der Waals surface area contributed by atoms with Crippen LogP contribution in [0.5, 0.6) is 0 Å². The number of nitrogens with zero attached hydrogens (tertiary/aromatic N) is 2. The van der Waals surface area contributed by atoms with E-state index in [2.05, 4.69) is 15.3 Å². The van der Waals surface area contributed by atoms with Crippen LogP contribution in [0.15, 0.2) is 63.6 Å². The summed E-state index contributed by atoms with van der Waals surface area (Å²) in [7, 11) is 0. The van der Waals surface area contributed by atoms with Crippen molar-refractivity contribution < 1.29 is 14.0 Å². The molecule has 4 rings (SSSR count). The van der Waals surface area contributed by atoms with Gasteiger partial charge in [-0.05, 0) is 29.6 Å². The van der Waals surface area contributed by atoms with Gasteiger partial charge < -0.3 is 15.5 Å². The Hall–Kier alpha value is -3.17. The number of nitrogens with two attached hydrogens (primary N) is 1. The topological polar surface area (TPSA) is 111 Å². The molecule has 0 radical (unpaired) electrons. The molecule has 3 aromatic heterocycles. The average molecular weight is 410 g/mol. The van der Waals surface area contributed by atoms with Crippen molar-refractivity contribution in [1.29, 1.82) is 0 Å². The number of primary amides is 1. The summed E-state index contributed by atoms with van der Waals surface area (Å²) >= 11 is 2.54. The number of thioether (sulfide) groups is 1. The van der Waals surface area contributed by atoms with Gasteiger partial charge >= 0.3 is 0 Å². The lowest BCUT2D eigenvalue weighted by atomic mass is 10.2. The fourth-order valence-electron chi connectivity index (χ4n) is 2.57. The largest absolute Gasteiger partial charge is 0.461 e. The van der Waals surface area contributed by atoms with Gasteiger partial charge in [-0.25, -0.2) is 9.97 Å². The van der Waals surface area contributed by atoms with Crippen LogP contribution in [-0.4, -0.2) is 27.5 Å². The van der Waals surface area contributed by atoms with Gasteiger partial charge in [0.15, 0.2) is 11.6 Å². The number of benzene rings is 1. The summed E-state index contributed by atoms with van der Waals surface area (Å²) in [5.74, 6) is 0.309. The molecule has 0 atom stereocenters. The van der Waals surface area contributed by atoms with Crippen LogP contribution in [0.3, 0.4) is 0 Å². The number of amides is 2. The van der Waals surface area contributed by atoms with Gasteiger partial charge in [0.1, 0.15) is 10.0 Å². The van der Waals surface area contributed by atoms with E-state index in [0.29, 0.717) is 27.2 Å². The smallest absolute Gasteiger partial charge is 0.251 e. The third-order valence-electron chi connectivity index (χ3n) is 3.83. The summed E-state index contributed by atoms with van der Waals surface area (Å²) in [6, 6.07) is 12.7. The Bertz CT molecular complexity index is 1160. The molecular weight excluding hydrogens is 396 g/mol. The minimum absolute atomic E-state index is 0.120. The lowest BCUT2D eigenvalue weighted by molar-refractivity contribution is -0.113. The van der Waals surface area contributed by atoms with Crippen molar-refractivity contribution in [2.75, 3.05) is 11.1 Å². The molecule has 140 valence electrons. The SMILES string of the molecule is NC(=O)c1ccsc1NC(=O)CSc1nc(-c2ccco2)nc2ccccc12. The molecule has 28 heavy (non-hydrogen) atoms. The van der Waals surface area contributed by atoms with E-state index in [-0.39, 0.29) is 11.7 Å². The first-order chi connectivity index (χ1) is 13.6. The number of nitrogens with one attached hydrogen (secondary N) is 1. The number of para-hydroxylation sites is 1. The highest BCUT2D eigenvalue weighted by Gasteiger charge is 2.15. The van der Waals surface area contributed by atoms with Gasteiger partial charge in [0, 0.05) is 5.39 Å². The molecule has 0 fully saturated rings. The van der Waals surface area contributed by atoms with Gasteiger partial charge in [-0.15, -0.1) is 11.3 Å². The minimum atomic E-state index is -0.575. The van der Waals surface area contributed by atoms with Crippen LogP contribution in [0.2, 0.25) is 0 Å². The lowest BCUT2D eigenvalue weighted by Crippen LogP contribution is -2.17. The molecule has 0 saturated carbocycles. The molecule has 0 aliphatic carbocycles. The van der Waals surface area contributed by atoms with Crippen LogP contribution >= 0.6 is 23.1 Å². The Morgan fingerprint density at radius 3 is 2.79 bits per heavy atom. The fraction of sp³-hybridized carbons (Fsp3) is 0.0526. The number of carbonyl (C=O) groups excluding carboxylic acids is 2. The van der Waals surface area contributed by atoms with Crippen molar-refractivity contribution in [1.82, 2.24) is 9.97 Å². The Morgan fingerprint density at radius 1 is 1.14 bits per heavy atom. The second kappa shape index (κ2) is 7.83. The fourth-order valence-corrected chi connectivity index (χ4v) is 4.20. The number of hydrogen-bond donors (Lipinski definition) is 2. The van der Waals surface area contributed by atoms with Gasteiger partial charge in [-0.2, -0.15) is 0 Å². The van der Waals surface area contributed by atoms with E-state index in [1.165, 1.54) is 23.1 Å². The number of anilines is 1. The van der Waals surface area contributed by atoms with Gasteiger partial charge in [0.25, 0.3) is 5.91 Å². The van der Waals surface area contributed by atoms with Crippen LogP contribution in [-0.2, 0) is 4.79 Å². The molecule has 4 aromatic rings. The van der Waals surface area contributed by atoms with E-state index in [9.17, 15) is 9.59 Å². The number of carbonyl (C=O) groups is 2. The van der Waals surface area contributed by atoms with Crippen molar-refractivity contribution in [3.8, 4) is 11.6 Å². The zero-order valence-electron chi connectivity index (χ0n) is 14.4. The van der Waals surface area contributed by atoms with E-state index in [1.54, 1.807) is 29.8 Å². The molecular formula is C19H14N4O3S2. The Labute approximate surface area is 168 Å². The zero-order chi connectivity index (χ0) is 19.5. The molecule has 0 aliphatic heterocycles. The minimum Gasteiger partial charge on any atom is -0.461 e. The van der Waals surface area contributed by atoms with Crippen molar-refractivity contribution in [2.24, 2.45) is 5.73 Å². The Balaban J connectivity index is 1.56. The van der Waals surface area contributed by atoms with E-state index < -0.39 is 5.91 Å². The first kappa shape index (κ1) is 18.2. The average Bonchev–Trinajstić information content (AvgIpc) is 3.38. The molecule has 9 heteroatoms. The number of rotatable bonds is 6. The molecule has 7 nitrogen and oxygen atoms in total. The molecule has 0 aliphatic rings. The van der Waals surface area contributed by atoms with Crippen molar-refractivity contribution in [3.63, 3.8) is 0 Å². The van der Waals surface area contributed by atoms with Gasteiger partial charge in [0.05, 0.1) is 23.1 Å². The summed E-state index contributed by atoms with van der Waals surface area (Å²) in [5, 5.41) is 6.41. The van der Waals surface area contributed by atoms with Crippen LogP contribution in [0.1, 0.15) is 10.4 Å². The predicted octanol–water partition coefficient (Wildman–Crippen LogP) is 3.78. The van der Waals surface area contributed by atoms with Crippen LogP contribution in [0, 0.1) is 0 Å². The van der Waals surface area contributed by atoms with E-state index >= 15 is 0 Å². The molecule has 0 bridgehead atoms. The number of furan rings is 1. The summed E-state index contributed by atoms with van der Waals surface area (Å²) in [6.07, 6.45) is 1.56. The summed E-state index contributed by atoms with van der Waals surface area (Å²) in [4.78, 5) is 32.8. The van der Waals surface area contributed by atoms with E-state index in [0.717, 1.165) is 10.9 Å². The second-order valence-corrected chi connectivity index (χ2v) is 7.59. The highest BCUT2D eigenvalue weighted by Crippen LogP contribution is 2.29. The number of thiophene rings is 1. The highest BCUT2D eigenvalue weighted by molar-refractivity contribution is 8.00. The first-order valence-electron chi connectivity index (χ1n) is 8.22. The summed E-state index contributed by atoms with van der Waals surface area (Å²) in [6.45, 7) is 0. The number of aromatic nitrogens is 2. The molecule has 0 saturated heterocycles. The van der Waals surface area contributed by atoms with Crippen LogP contribution < -0.4 is 11.1 Å². The quantitative estimate of drug-likeness (QED) is 0.370. The van der Waals surface area contributed by atoms with Crippen molar-refractivity contribution in [3.05, 3.63) is 59.7 Å². The van der Waals surface area contributed by atoms with Crippen LogP contribution in [0.4, 0.5) is 5.00 Å². The molecule has 1 aromatic carbocycles. The van der Waals surface area contributed by atoms with E-state index in [1.807, 2.05) is 24.3 Å². The normalized spacial score (nSPS) is 10.9. The van der Waals surface area contributed by atoms with E-state index in [4.69, 9.17) is 10.2 Å². The standard InChI is InChI=1S/C19H14N4O3S2/c20-16(25)12-7-9-27-19(12)22-15(24)10-28-18-11-4-1-2-5-13(11)21-17(23-18)14-6-3-8-26-14/h1-9H,10H2,(H2,20,25)(H,22,24). The van der Waals surface area contributed by atoms with Gasteiger partial charge in [0.2, 0.25) is 5.91 Å². The molecule has 0 spiro atoms. The van der Waals surface area contributed by atoms with Gasteiger partial charge in [-0.1, -0.05) is 30.0 Å².